The summed E-state index contributed by atoms with van der Waals surface area (Å²) in [5, 5.41) is 3.11. The van der Waals surface area contributed by atoms with Crippen molar-refractivity contribution >= 4 is 11.6 Å². The van der Waals surface area contributed by atoms with Crippen LogP contribution in [0.25, 0.3) is 17.1 Å². The zero-order valence-corrected chi connectivity index (χ0v) is 15.3. The molecule has 12 heteroatoms. The van der Waals surface area contributed by atoms with E-state index in [0.29, 0.717) is 16.7 Å². The van der Waals surface area contributed by atoms with E-state index in [1.165, 1.54) is 18.5 Å². The Morgan fingerprint density at radius 3 is 2.31 bits per heavy atom. The van der Waals surface area contributed by atoms with Gasteiger partial charge in [-0.2, -0.15) is 18.3 Å². The lowest BCUT2D eigenvalue weighted by Gasteiger charge is -2.21. The maximum absolute atomic E-state index is 14.3. The van der Waals surface area contributed by atoms with Gasteiger partial charge in [0.25, 0.3) is 5.56 Å². The average Bonchev–Trinajstić information content (AvgIpc) is 3.12. The molecule has 0 N–H and O–H groups in total. The molecule has 0 amide bonds. The highest BCUT2D eigenvalue weighted by Crippen LogP contribution is 2.34. The Bertz CT molecular complexity index is 1090. The van der Waals surface area contributed by atoms with Crippen molar-refractivity contribution in [1.29, 1.82) is 0 Å². The SMILES string of the molecule is CC(Cn1c(-c2c(F)cc(F)cc2F)c(Cl)nc(-n2cccn2)c1=O)C(F)(F)F. The fourth-order valence-electron chi connectivity index (χ4n) is 2.63. The zero-order valence-electron chi connectivity index (χ0n) is 14.5. The first kappa shape index (κ1) is 20.9. The van der Waals surface area contributed by atoms with Crippen LogP contribution in [0, 0.1) is 23.4 Å². The van der Waals surface area contributed by atoms with E-state index in [4.69, 9.17) is 11.6 Å². The van der Waals surface area contributed by atoms with Gasteiger partial charge in [0.2, 0.25) is 5.82 Å². The molecule has 0 fully saturated rings. The molecular weight excluding hydrogens is 426 g/mol. The first-order valence-electron chi connectivity index (χ1n) is 8.02. The second-order valence-electron chi connectivity index (χ2n) is 6.13. The number of benzene rings is 1. The lowest BCUT2D eigenvalue weighted by Crippen LogP contribution is -2.34. The van der Waals surface area contributed by atoms with Gasteiger partial charge in [-0.25, -0.2) is 22.8 Å². The van der Waals surface area contributed by atoms with E-state index >= 15 is 0 Å². The third-order valence-electron chi connectivity index (χ3n) is 4.09. The predicted molar refractivity (Wildman–Crippen MR) is 91.2 cm³/mol. The summed E-state index contributed by atoms with van der Waals surface area (Å²) < 4.78 is 82.6. The van der Waals surface area contributed by atoms with Gasteiger partial charge in [-0.3, -0.25) is 4.79 Å². The lowest BCUT2D eigenvalue weighted by atomic mass is 10.1. The number of hydrogen-bond acceptors (Lipinski definition) is 3. The van der Waals surface area contributed by atoms with Crippen molar-refractivity contribution in [2.45, 2.75) is 19.6 Å². The molecule has 0 spiro atoms. The van der Waals surface area contributed by atoms with E-state index in [1.54, 1.807) is 0 Å². The van der Waals surface area contributed by atoms with Crippen molar-refractivity contribution in [2.75, 3.05) is 0 Å². The van der Waals surface area contributed by atoms with E-state index in [2.05, 4.69) is 10.1 Å². The second-order valence-corrected chi connectivity index (χ2v) is 6.49. The van der Waals surface area contributed by atoms with Crippen LogP contribution in [0.1, 0.15) is 6.92 Å². The minimum atomic E-state index is -4.71. The summed E-state index contributed by atoms with van der Waals surface area (Å²) in [5.41, 5.74) is -2.83. The topological polar surface area (TPSA) is 52.7 Å². The third-order valence-corrected chi connectivity index (χ3v) is 4.35. The highest BCUT2D eigenvalue weighted by atomic mass is 35.5. The molecule has 0 saturated heterocycles. The molecule has 29 heavy (non-hydrogen) atoms. The van der Waals surface area contributed by atoms with E-state index in [0.717, 1.165) is 11.6 Å². The van der Waals surface area contributed by atoms with Crippen LogP contribution >= 0.6 is 11.6 Å². The summed E-state index contributed by atoms with van der Waals surface area (Å²) in [7, 11) is 0. The lowest BCUT2D eigenvalue weighted by molar-refractivity contribution is -0.172. The molecule has 1 aromatic carbocycles. The first-order chi connectivity index (χ1) is 13.5. The van der Waals surface area contributed by atoms with E-state index < -0.39 is 63.9 Å². The number of halogens is 7. The maximum atomic E-state index is 14.3. The second kappa shape index (κ2) is 7.54. The van der Waals surface area contributed by atoms with Crippen molar-refractivity contribution in [3.63, 3.8) is 0 Å². The number of aromatic nitrogens is 4. The smallest absolute Gasteiger partial charge is 0.301 e. The molecule has 0 saturated carbocycles. The molecule has 2 heterocycles. The molecule has 3 rings (SSSR count). The molecule has 0 bridgehead atoms. The molecule has 0 aliphatic rings. The zero-order chi connectivity index (χ0) is 21.5. The normalized spacial score (nSPS) is 13.0. The summed E-state index contributed by atoms with van der Waals surface area (Å²) in [5.74, 6) is -6.70. The summed E-state index contributed by atoms with van der Waals surface area (Å²) in [6.07, 6.45) is -2.14. The molecule has 5 nitrogen and oxygen atoms in total. The van der Waals surface area contributed by atoms with Gasteiger partial charge in [-0.1, -0.05) is 18.5 Å². The van der Waals surface area contributed by atoms with Crippen LogP contribution in [-0.4, -0.2) is 25.5 Å². The monoisotopic (exact) mass is 436 g/mol. The van der Waals surface area contributed by atoms with Crippen LogP contribution in [0.4, 0.5) is 26.3 Å². The van der Waals surface area contributed by atoms with Gasteiger partial charge in [0.15, 0.2) is 5.15 Å². The minimum absolute atomic E-state index is 0.318. The molecule has 0 aliphatic heterocycles. The summed E-state index contributed by atoms with van der Waals surface area (Å²) in [4.78, 5) is 16.6. The van der Waals surface area contributed by atoms with Crippen LogP contribution in [0.2, 0.25) is 5.15 Å². The number of hydrogen-bond donors (Lipinski definition) is 0. The van der Waals surface area contributed by atoms with Crippen molar-refractivity contribution in [1.82, 2.24) is 19.3 Å². The largest absolute Gasteiger partial charge is 0.393 e. The Hall–Kier alpha value is -2.82. The summed E-state index contributed by atoms with van der Waals surface area (Å²) in [6, 6.07) is 2.06. The first-order valence-corrected chi connectivity index (χ1v) is 8.40. The van der Waals surface area contributed by atoms with Crippen molar-refractivity contribution in [2.24, 2.45) is 5.92 Å². The molecule has 154 valence electrons. The highest BCUT2D eigenvalue weighted by molar-refractivity contribution is 6.31. The molecule has 1 atom stereocenters. The summed E-state index contributed by atoms with van der Waals surface area (Å²) in [6.45, 7) is -0.222. The van der Waals surface area contributed by atoms with Gasteiger partial charge in [-0.15, -0.1) is 0 Å². The molecule has 0 radical (unpaired) electrons. The van der Waals surface area contributed by atoms with Gasteiger partial charge in [0.05, 0.1) is 17.2 Å². The number of nitrogens with zero attached hydrogens (tertiary/aromatic N) is 4. The van der Waals surface area contributed by atoms with Gasteiger partial charge in [0, 0.05) is 31.1 Å². The summed E-state index contributed by atoms with van der Waals surface area (Å²) >= 11 is 6.02. The Labute approximate surface area is 164 Å². The van der Waals surface area contributed by atoms with Gasteiger partial charge in [-0.05, 0) is 6.07 Å². The Kier molecular flexibility index (Phi) is 5.44. The molecule has 0 aliphatic carbocycles. The highest BCUT2D eigenvalue weighted by Gasteiger charge is 2.37. The van der Waals surface area contributed by atoms with Crippen LogP contribution in [0.15, 0.2) is 35.4 Å². The standard InChI is InChI=1S/C17H11ClF6N4O/c1-8(17(22,23)24)7-27-13(12-10(20)5-9(19)6-11(12)21)14(18)26-15(16(27)29)28-4-2-3-25-28/h2-6,8H,7H2,1H3. The molecular formula is C17H11ClF6N4O. The fourth-order valence-corrected chi connectivity index (χ4v) is 2.91. The molecule has 2 aromatic heterocycles. The maximum Gasteiger partial charge on any atom is 0.393 e. The van der Waals surface area contributed by atoms with E-state index in [1.807, 2.05) is 0 Å². The van der Waals surface area contributed by atoms with Crippen LogP contribution in [0.3, 0.4) is 0 Å². The number of rotatable bonds is 4. The van der Waals surface area contributed by atoms with Crippen LogP contribution in [-0.2, 0) is 6.54 Å². The van der Waals surface area contributed by atoms with Gasteiger partial charge < -0.3 is 4.57 Å². The third kappa shape index (κ3) is 4.00. The van der Waals surface area contributed by atoms with Gasteiger partial charge in [0.1, 0.15) is 17.5 Å². The van der Waals surface area contributed by atoms with E-state index in [-0.39, 0.29) is 0 Å². The van der Waals surface area contributed by atoms with Crippen LogP contribution < -0.4 is 5.56 Å². The van der Waals surface area contributed by atoms with Gasteiger partial charge >= 0.3 is 6.18 Å². The van der Waals surface area contributed by atoms with Crippen molar-refractivity contribution in [3.05, 3.63) is 63.6 Å². The quantitative estimate of drug-likeness (QED) is 0.571. The van der Waals surface area contributed by atoms with Crippen molar-refractivity contribution < 1.29 is 26.3 Å². The molecule has 3 aromatic rings. The minimum Gasteiger partial charge on any atom is -0.301 e. The fraction of sp³-hybridized carbons (Fsp3) is 0.235. The Balaban J connectivity index is 2.34. The Morgan fingerprint density at radius 1 is 1.17 bits per heavy atom. The van der Waals surface area contributed by atoms with Crippen molar-refractivity contribution in [3.8, 4) is 17.1 Å². The number of alkyl halides is 3. The van der Waals surface area contributed by atoms with Crippen LogP contribution in [0.5, 0.6) is 0 Å². The molecule has 1 unspecified atom stereocenters. The average molecular weight is 437 g/mol. The Morgan fingerprint density at radius 2 is 1.79 bits per heavy atom. The van der Waals surface area contributed by atoms with E-state index in [9.17, 15) is 31.1 Å². The predicted octanol–water partition coefficient (Wildman–Crippen LogP) is 4.37.